The second-order valence-electron chi connectivity index (χ2n) is 12.9. The number of rotatable bonds is 2. The molecule has 0 aliphatic heterocycles. The molecule has 0 fully saturated rings. The van der Waals surface area contributed by atoms with Crippen LogP contribution >= 0.6 is 0 Å². The van der Waals surface area contributed by atoms with E-state index >= 15 is 0 Å². The molecule has 0 atom stereocenters. The van der Waals surface area contributed by atoms with Crippen LogP contribution in [-0.4, -0.2) is 18.9 Å². The summed E-state index contributed by atoms with van der Waals surface area (Å²) in [6, 6.07) is 51.5. The van der Waals surface area contributed by atoms with E-state index in [1.54, 1.807) is 0 Å². The molecule has 0 spiro atoms. The van der Waals surface area contributed by atoms with Gasteiger partial charge in [0.05, 0.1) is 27.6 Å². The summed E-state index contributed by atoms with van der Waals surface area (Å²) in [5, 5.41) is 10.8. The van der Waals surface area contributed by atoms with Crippen LogP contribution in [0.2, 0.25) is 0 Å². The molecule has 5 nitrogen and oxygen atoms in total. The zero-order valence-electron chi connectivity index (χ0n) is 26.1. The van der Waals surface area contributed by atoms with Crippen molar-refractivity contribution in [1.82, 2.24) is 18.9 Å². The topological polar surface area (TPSA) is 48.3 Å². The van der Waals surface area contributed by atoms with Gasteiger partial charge in [-0.3, -0.25) is 4.57 Å². The van der Waals surface area contributed by atoms with Gasteiger partial charge in [-0.2, -0.15) is 0 Å². The van der Waals surface area contributed by atoms with E-state index in [0.717, 1.165) is 44.2 Å². The Labute approximate surface area is 278 Å². The maximum atomic E-state index is 6.47. The first-order valence-electron chi connectivity index (χ1n) is 16.6. The predicted molar refractivity (Wildman–Crippen MR) is 201 cm³/mol. The van der Waals surface area contributed by atoms with Gasteiger partial charge in [0.1, 0.15) is 16.8 Å². The van der Waals surface area contributed by atoms with E-state index in [4.69, 9.17) is 14.4 Å². The summed E-state index contributed by atoms with van der Waals surface area (Å²) in [5.41, 5.74) is 9.97. The number of fused-ring (bicyclic) bond motifs is 16. The second kappa shape index (κ2) is 9.00. The number of hydrogen-bond donors (Lipinski definition) is 0. The Morgan fingerprint density at radius 3 is 1.86 bits per heavy atom. The minimum atomic E-state index is 0.621. The highest BCUT2D eigenvalue weighted by Gasteiger charge is 2.27. The average Bonchev–Trinajstić information content (AvgIpc) is 3.91. The Bertz CT molecular complexity index is 3330. The summed E-state index contributed by atoms with van der Waals surface area (Å²) in [6.45, 7) is 0. The second-order valence-corrected chi connectivity index (χ2v) is 12.9. The monoisotopic (exact) mass is 624 g/mol. The number of benzene rings is 7. The summed E-state index contributed by atoms with van der Waals surface area (Å²) in [4.78, 5) is 10.7. The van der Waals surface area contributed by atoms with Crippen molar-refractivity contribution in [2.24, 2.45) is 0 Å². The van der Waals surface area contributed by atoms with Crippen LogP contribution in [-0.2, 0) is 0 Å². The Morgan fingerprint density at radius 1 is 0.429 bits per heavy atom. The van der Waals surface area contributed by atoms with Crippen molar-refractivity contribution in [3.05, 3.63) is 146 Å². The molecule has 0 saturated heterocycles. The van der Waals surface area contributed by atoms with Crippen LogP contribution in [0, 0.1) is 0 Å². The van der Waals surface area contributed by atoms with Crippen molar-refractivity contribution >= 4 is 92.7 Å². The van der Waals surface area contributed by atoms with E-state index in [1.165, 1.54) is 54.3 Å². The van der Waals surface area contributed by atoms with Gasteiger partial charge in [-0.15, -0.1) is 0 Å². The Morgan fingerprint density at radius 2 is 1.02 bits per heavy atom. The van der Waals surface area contributed by atoms with Crippen LogP contribution in [0.15, 0.2) is 150 Å². The van der Waals surface area contributed by atoms with Crippen molar-refractivity contribution < 1.29 is 4.42 Å². The fraction of sp³-hybridized carbons (Fsp3) is 0. The molecule has 0 radical (unpaired) electrons. The van der Waals surface area contributed by atoms with Gasteiger partial charge in [0.2, 0.25) is 5.95 Å². The smallest absolute Gasteiger partial charge is 0.236 e. The number of furan rings is 1. The summed E-state index contributed by atoms with van der Waals surface area (Å²) in [7, 11) is 0. The molecule has 0 aliphatic carbocycles. The van der Waals surface area contributed by atoms with Crippen LogP contribution in [0.4, 0.5) is 0 Å². The molecule has 49 heavy (non-hydrogen) atoms. The molecule has 12 rings (SSSR count). The maximum absolute atomic E-state index is 6.47. The molecule has 5 aromatic heterocycles. The molecule has 5 heterocycles. The molecule has 0 saturated carbocycles. The van der Waals surface area contributed by atoms with E-state index < -0.39 is 0 Å². The number of nitrogens with zero attached hydrogens (tertiary/aromatic N) is 4. The normalized spacial score (nSPS) is 12.5. The zero-order chi connectivity index (χ0) is 31.8. The van der Waals surface area contributed by atoms with Gasteiger partial charge < -0.3 is 8.82 Å². The first kappa shape index (κ1) is 25.4. The van der Waals surface area contributed by atoms with Crippen molar-refractivity contribution in [3.63, 3.8) is 0 Å². The largest absolute Gasteiger partial charge is 0.452 e. The summed E-state index contributed by atoms with van der Waals surface area (Å²) in [5.74, 6) is 0.621. The molecule has 0 unspecified atom stereocenters. The van der Waals surface area contributed by atoms with Gasteiger partial charge in [-0.25, -0.2) is 9.97 Å². The molecule has 226 valence electrons. The minimum absolute atomic E-state index is 0.621. The average molecular weight is 625 g/mol. The Balaban J connectivity index is 1.34. The Hall–Kier alpha value is -6.72. The molecule has 0 N–H and O–H groups in total. The standard InChI is InChI=1S/C44H24N4O/c1-2-13-25(14-3-1)38-43-39(31-19-8-11-24-35(31)49-43)46-44(45-38)48-34-23-10-7-18-30(34)36-37-32-21-12-20-27-26-15-6-9-22-33(26)47(40(27)32)41(37)28-16-4-5-17-29(28)42(36)48/h1-24H. The fourth-order valence-electron chi connectivity index (χ4n) is 8.52. The lowest BCUT2D eigenvalue weighted by atomic mass is 9.98. The van der Waals surface area contributed by atoms with Gasteiger partial charge in [0.15, 0.2) is 5.58 Å². The molecular formula is C44H24N4O. The van der Waals surface area contributed by atoms with Gasteiger partial charge in [-0.05, 0) is 24.3 Å². The Kier molecular flexibility index (Phi) is 4.66. The van der Waals surface area contributed by atoms with Crippen molar-refractivity contribution in [1.29, 1.82) is 0 Å². The number of hydrogen-bond acceptors (Lipinski definition) is 3. The molecule has 0 bridgehead atoms. The van der Waals surface area contributed by atoms with Crippen molar-refractivity contribution in [2.75, 3.05) is 0 Å². The summed E-state index contributed by atoms with van der Waals surface area (Å²) >= 11 is 0. The highest BCUT2D eigenvalue weighted by molar-refractivity contribution is 6.39. The lowest BCUT2D eigenvalue weighted by Crippen LogP contribution is -2.03. The van der Waals surface area contributed by atoms with Crippen LogP contribution in [0.1, 0.15) is 0 Å². The number of aromatic nitrogens is 4. The van der Waals surface area contributed by atoms with Gasteiger partial charge >= 0.3 is 0 Å². The molecule has 0 aliphatic rings. The highest BCUT2D eigenvalue weighted by Crippen LogP contribution is 2.48. The van der Waals surface area contributed by atoms with Crippen LogP contribution < -0.4 is 0 Å². The number of para-hydroxylation sites is 4. The minimum Gasteiger partial charge on any atom is -0.452 e. The van der Waals surface area contributed by atoms with Crippen molar-refractivity contribution in [2.45, 2.75) is 0 Å². The van der Waals surface area contributed by atoms with E-state index in [-0.39, 0.29) is 0 Å². The fourth-order valence-corrected chi connectivity index (χ4v) is 8.52. The maximum Gasteiger partial charge on any atom is 0.236 e. The zero-order valence-corrected chi connectivity index (χ0v) is 26.1. The summed E-state index contributed by atoms with van der Waals surface area (Å²) < 4.78 is 11.3. The molecule has 5 heteroatoms. The van der Waals surface area contributed by atoms with Crippen molar-refractivity contribution in [3.8, 4) is 17.2 Å². The van der Waals surface area contributed by atoms with E-state index in [1.807, 2.05) is 36.4 Å². The SMILES string of the molecule is c1ccc(-c2nc(-n3c4ccccc4c4c5c6cccc7c8ccccc8n(c76)c5c5ccccc5c43)nc3c2oc2ccccc23)cc1. The first-order valence-corrected chi connectivity index (χ1v) is 16.6. The third kappa shape index (κ3) is 3.10. The third-order valence-corrected chi connectivity index (χ3v) is 10.4. The lowest BCUT2D eigenvalue weighted by molar-refractivity contribution is 0.666. The van der Waals surface area contributed by atoms with E-state index in [9.17, 15) is 0 Å². The van der Waals surface area contributed by atoms with Gasteiger partial charge in [0, 0.05) is 54.0 Å². The third-order valence-electron chi connectivity index (χ3n) is 10.4. The van der Waals surface area contributed by atoms with Gasteiger partial charge in [-0.1, -0.05) is 121 Å². The van der Waals surface area contributed by atoms with Gasteiger partial charge in [0.25, 0.3) is 0 Å². The molecule has 7 aromatic carbocycles. The first-order chi connectivity index (χ1) is 24.3. The highest BCUT2D eigenvalue weighted by atomic mass is 16.3. The van der Waals surface area contributed by atoms with E-state index in [0.29, 0.717) is 11.5 Å². The van der Waals surface area contributed by atoms with E-state index in [2.05, 4.69) is 118 Å². The molecular weight excluding hydrogens is 601 g/mol. The quantitative estimate of drug-likeness (QED) is 0.192. The molecule has 0 amide bonds. The lowest BCUT2D eigenvalue weighted by Gasteiger charge is -2.12. The predicted octanol–water partition coefficient (Wildman–Crippen LogP) is 11.4. The summed E-state index contributed by atoms with van der Waals surface area (Å²) in [6.07, 6.45) is 0. The van der Waals surface area contributed by atoms with Crippen LogP contribution in [0.25, 0.3) is 110 Å². The molecule has 12 aromatic rings. The van der Waals surface area contributed by atoms with Crippen LogP contribution in [0.3, 0.4) is 0 Å². The van der Waals surface area contributed by atoms with Crippen LogP contribution in [0.5, 0.6) is 0 Å².